The highest BCUT2D eigenvalue weighted by Gasteiger charge is 2.26. The molecule has 0 atom stereocenters. The fraction of sp³-hybridized carbons (Fsp3) is 1.00. The molecule has 2 nitrogen and oxygen atoms in total. The Morgan fingerprint density at radius 1 is 1.57 bits per heavy atom. The lowest BCUT2D eigenvalue weighted by molar-refractivity contribution is -0.0498. The van der Waals surface area contributed by atoms with Crippen molar-refractivity contribution in [2.75, 3.05) is 7.11 Å². The van der Waals surface area contributed by atoms with Crippen molar-refractivity contribution in [2.45, 2.75) is 25.0 Å². The molecule has 1 aliphatic rings. The maximum absolute atomic E-state index is 8.67. The van der Waals surface area contributed by atoms with E-state index >= 15 is 0 Å². The van der Waals surface area contributed by atoms with Crippen LogP contribution in [0.3, 0.4) is 0 Å². The fourth-order valence-corrected chi connectivity index (χ4v) is 0.730. The lowest BCUT2D eigenvalue weighted by atomic mass is 9.92. The van der Waals surface area contributed by atoms with Crippen molar-refractivity contribution >= 4 is 0 Å². The third-order valence-electron chi connectivity index (χ3n) is 1.40. The van der Waals surface area contributed by atoms with Crippen molar-refractivity contribution in [3.8, 4) is 0 Å². The summed E-state index contributed by atoms with van der Waals surface area (Å²) < 4.78 is 4.90. The molecule has 0 aromatic rings. The summed E-state index contributed by atoms with van der Waals surface area (Å²) in [5, 5.41) is 8.67. The first-order valence-corrected chi connectivity index (χ1v) is 2.54. The largest absolute Gasteiger partial charge is 0.393 e. The van der Waals surface area contributed by atoms with Gasteiger partial charge in [0.2, 0.25) is 0 Å². The summed E-state index contributed by atoms with van der Waals surface area (Å²) in [5.41, 5.74) is 0. The van der Waals surface area contributed by atoms with E-state index in [1.807, 2.05) is 0 Å². The minimum atomic E-state index is -0.0788. The fourth-order valence-electron chi connectivity index (χ4n) is 0.730. The van der Waals surface area contributed by atoms with Gasteiger partial charge in [-0.25, -0.2) is 0 Å². The number of rotatable bonds is 1. The molecule has 0 unspecified atom stereocenters. The zero-order chi connectivity index (χ0) is 5.28. The smallest absolute Gasteiger partial charge is 0.0620 e. The van der Waals surface area contributed by atoms with Gasteiger partial charge in [0.25, 0.3) is 0 Å². The normalized spacial score (nSPS) is 40.3. The zero-order valence-corrected chi connectivity index (χ0v) is 4.42. The molecule has 1 saturated carbocycles. The Kier molecular flexibility index (Phi) is 1.30. The van der Waals surface area contributed by atoms with Crippen LogP contribution in [0.2, 0.25) is 0 Å². The van der Waals surface area contributed by atoms with Crippen LogP contribution in [0.4, 0.5) is 0 Å². The molecule has 0 aromatic heterocycles. The molecular weight excluding hydrogens is 92.1 g/mol. The van der Waals surface area contributed by atoms with E-state index in [2.05, 4.69) is 0 Å². The molecule has 42 valence electrons. The van der Waals surface area contributed by atoms with E-state index in [0.717, 1.165) is 12.8 Å². The van der Waals surface area contributed by atoms with Crippen molar-refractivity contribution in [1.82, 2.24) is 0 Å². The van der Waals surface area contributed by atoms with E-state index < -0.39 is 0 Å². The lowest BCUT2D eigenvalue weighted by Gasteiger charge is -2.29. The molecule has 0 aromatic carbocycles. The molecule has 1 rings (SSSR count). The average Bonchev–Trinajstić information content (AvgIpc) is 1.58. The standard InChI is InChI=1S/C5H10O2/c1-7-5-2-4(6)3-5/h4-6H,2-3H2,1H3/t4-,5-. The Labute approximate surface area is 43.1 Å². The van der Waals surface area contributed by atoms with Crippen molar-refractivity contribution in [3.63, 3.8) is 0 Å². The first-order chi connectivity index (χ1) is 3.33. The molecule has 1 fully saturated rings. The number of hydrogen-bond acceptors (Lipinski definition) is 2. The third kappa shape index (κ3) is 0.924. The van der Waals surface area contributed by atoms with E-state index in [-0.39, 0.29) is 6.10 Å². The minimum absolute atomic E-state index is 0.0788. The predicted molar refractivity (Wildman–Crippen MR) is 26.0 cm³/mol. The summed E-state index contributed by atoms with van der Waals surface area (Å²) in [4.78, 5) is 0. The van der Waals surface area contributed by atoms with E-state index in [9.17, 15) is 0 Å². The van der Waals surface area contributed by atoms with Gasteiger partial charge in [0.15, 0.2) is 0 Å². The van der Waals surface area contributed by atoms with E-state index in [1.165, 1.54) is 0 Å². The number of methoxy groups -OCH3 is 1. The van der Waals surface area contributed by atoms with Gasteiger partial charge in [0.1, 0.15) is 0 Å². The van der Waals surface area contributed by atoms with Gasteiger partial charge in [-0.15, -0.1) is 0 Å². The second-order valence-corrected chi connectivity index (χ2v) is 1.98. The van der Waals surface area contributed by atoms with Crippen molar-refractivity contribution in [1.29, 1.82) is 0 Å². The second-order valence-electron chi connectivity index (χ2n) is 1.98. The summed E-state index contributed by atoms with van der Waals surface area (Å²) in [7, 11) is 1.68. The summed E-state index contributed by atoms with van der Waals surface area (Å²) in [6.45, 7) is 0. The van der Waals surface area contributed by atoms with Crippen molar-refractivity contribution in [2.24, 2.45) is 0 Å². The zero-order valence-electron chi connectivity index (χ0n) is 4.42. The van der Waals surface area contributed by atoms with E-state index in [4.69, 9.17) is 9.84 Å². The van der Waals surface area contributed by atoms with Crippen LogP contribution in [0.5, 0.6) is 0 Å². The number of aliphatic hydroxyl groups excluding tert-OH is 1. The van der Waals surface area contributed by atoms with Crippen LogP contribution < -0.4 is 0 Å². The molecule has 1 N–H and O–H groups in total. The third-order valence-corrected chi connectivity index (χ3v) is 1.40. The van der Waals surface area contributed by atoms with Gasteiger partial charge in [-0.2, -0.15) is 0 Å². The Morgan fingerprint density at radius 3 is 2.29 bits per heavy atom. The summed E-state index contributed by atoms with van der Waals surface area (Å²) >= 11 is 0. The Morgan fingerprint density at radius 2 is 2.14 bits per heavy atom. The minimum Gasteiger partial charge on any atom is -0.393 e. The molecule has 0 saturated heterocycles. The van der Waals surface area contributed by atoms with Crippen LogP contribution in [0.25, 0.3) is 0 Å². The van der Waals surface area contributed by atoms with Crippen LogP contribution >= 0.6 is 0 Å². The van der Waals surface area contributed by atoms with Crippen molar-refractivity contribution < 1.29 is 9.84 Å². The van der Waals surface area contributed by atoms with Crippen LogP contribution in [0, 0.1) is 0 Å². The number of hydrogen-bond donors (Lipinski definition) is 1. The first kappa shape index (κ1) is 5.06. The van der Waals surface area contributed by atoms with Crippen LogP contribution in [-0.4, -0.2) is 24.4 Å². The summed E-state index contributed by atoms with van der Waals surface area (Å²) in [5.74, 6) is 0. The molecule has 7 heavy (non-hydrogen) atoms. The number of aliphatic hydroxyl groups is 1. The van der Waals surface area contributed by atoms with Gasteiger partial charge in [-0.05, 0) is 12.8 Å². The van der Waals surface area contributed by atoms with Crippen molar-refractivity contribution in [3.05, 3.63) is 0 Å². The number of ether oxygens (including phenoxy) is 1. The van der Waals surface area contributed by atoms with Gasteiger partial charge in [0, 0.05) is 7.11 Å². The van der Waals surface area contributed by atoms with Gasteiger partial charge < -0.3 is 9.84 Å². The first-order valence-electron chi connectivity index (χ1n) is 2.54. The molecule has 0 bridgehead atoms. The van der Waals surface area contributed by atoms with E-state index in [0.29, 0.717) is 6.10 Å². The maximum atomic E-state index is 8.67. The lowest BCUT2D eigenvalue weighted by Crippen LogP contribution is -2.34. The molecule has 0 heterocycles. The second kappa shape index (κ2) is 1.80. The van der Waals surface area contributed by atoms with Crippen LogP contribution in [0.1, 0.15) is 12.8 Å². The van der Waals surface area contributed by atoms with E-state index in [1.54, 1.807) is 7.11 Å². The summed E-state index contributed by atoms with van der Waals surface area (Å²) in [6.07, 6.45) is 1.92. The Balaban J connectivity index is 2.06. The highest BCUT2D eigenvalue weighted by atomic mass is 16.5. The van der Waals surface area contributed by atoms with Gasteiger partial charge in [-0.1, -0.05) is 0 Å². The molecular formula is C5H10O2. The molecule has 2 heteroatoms. The molecule has 0 amide bonds. The van der Waals surface area contributed by atoms with Gasteiger partial charge in [0.05, 0.1) is 12.2 Å². The molecule has 0 aliphatic heterocycles. The van der Waals surface area contributed by atoms with Crippen LogP contribution in [-0.2, 0) is 4.74 Å². The predicted octanol–water partition coefficient (Wildman–Crippen LogP) is 0.156. The maximum Gasteiger partial charge on any atom is 0.0620 e. The van der Waals surface area contributed by atoms with Gasteiger partial charge in [-0.3, -0.25) is 0 Å². The topological polar surface area (TPSA) is 29.5 Å². The van der Waals surface area contributed by atoms with Gasteiger partial charge >= 0.3 is 0 Å². The Bertz CT molecular complexity index is 57.1. The Hall–Kier alpha value is -0.0800. The highest BCUT2D eigenvalue weighted by Crippen LogP contribution is 2.21. The molecule has 1 aliphatic carbocycles. The monoisotopic (exact) mass is 102 g/mol. The average molecular weight is 102 g/mol. The molecule has 0 radical (unpaired) electrons. The van der Waals surface area contributed by atoms with Crippen LogP contribution in [0.15, 0.2) is 0 Å². The molecule has 0 spiro atoms. The quantitative estimate of drug-likeness (QED) is 0.511. The summed E-state index contributed by atoms with van der Waals surface area (Å²) in [6, 6.07) is 0. The SMILES string of the molecule is CO[C@H]1C[C@H](O)C1. The highest BCUT2D eigenvalue weighted by molar-refractivity contribution is 4.78.